The molecule has 0 rings (SSSR count). The molecule has 0 fully saturated rings. The molecule has 0 radical (unpaired) electrons. The molecule has 12 heteroatoms. The maximum Gasteiger partial charge on any atom is 0.472 e. The van der Waals surface area contributed by atoms with Crippen molar-refractivity contribution in [3.8, 4) is 0 Å². The minimum atomic E-state index is -4.77. The molecule has 0 aromatic heterocycles. The molecule has 422 valence electrons. The summed E-state index contributed by atoms with van der Waals surface area (Å²) in [6, 6.07) is 0. The average molecular weight is 1060 g/mol. The number of aliphatic hydroxyl groups excluding tert-OH is 1. The molecule has 0 bridgehead atoms. The summed E-state index contributed by atoms with van der Waals surface area (Å²) in [6.45, 7) is 4.31. The molecule has 3 unspecified atom stereocenters. The van der Waals surface area contributed by atoms with Crippen molar-refractivity contribution in [3.05, 3.63) is 109 Å². The highest BCUT2D eigenvalue weighted by atomic mass is 31.2. The molecule has 0 aromatic carbocycles. The number of phosphoric acid groups is 1. The van der Waals surface area contributed by atoms with Gasteiger partial charge in [-0.15, -0.1) is 0 Å². The lowest BCUT2D eigenvalue weighted by atomic mass is 10.1. The maximum atomic E-state index is 12.9. The predicted molar refractivity (Wildman–Crippen MR) is 307 cm³/mol. The van der Waals surface area contributed by atoms with Gasteiger partial charge in [0, 0.05) is 19.3 Å². The van der Waals surface area contributed by atoms with Gasteiger partial charge < -0.3 is 24.2 Å². The van der Waals surface area contributed by atoms with Crippen molar-refractivity contribution in [2.45, 2.75) is 238 Å². The largest absolute Gasteiger partial charge is 0.472 e. The van der Waals surface area contributed by atoms with Crippen LogP contribution in [0.2, 0.25) is 0 Å². The van der Waals surface area contributed by atoms with Crippen LogP contribution in [0, 0.1) is 0 Å². The molecule has 0 saturated heterocycles. The zero-order chi connectivity index (χ0) is 54.1. The molecule has 2 N–H and O–H groups in total. The number of phosphoric ester groups is 1. The fraction of sp³-hybridized carbons (Fsp3) is 0.661. The van der Waals surface area contributed by atoms with E-state index in [-0.39, 0.29) is 25.9 Å². The Morgan fingerprint density at radius 3 is 1.14 bits per heavy atom. The summed E-state index contributed by atoms with van der Waals surface area (Å²) < 4.78 is 39.4. The Morgan fingerprint density at radius 1 is 0.392 bits per heavy atom. The highest BCUT2D eigenvalue weighted by molar-refractivity contribution is 7.47. The van der Waals surface area contributed by atoms with E-state index in [1.807, 2.05) is 12.2 Å². The maximum absolute atomic E-state index is 12.9. The van der Waals surface area contributed by atoms with E-state index in [1.165, 1.54) is 44.9 Å². The second-order valence-corrected chi connectivity index (χ2v) is 20.1. The number of unbranched alkanes of at least 4 members (excludes halogenated alkanes) is 17. The van der Waals surface area contributed by atoms with Crippen LogP contribution in [0.1, 0.15) is 226 Å². The van der Waals surface area contributed by atoms with Crippen LogP contribution in [0.3, 0.4) is 0 Å². The molecule has 0 aliphatic carbocycles. The van der Waals surface area contributed by atoms with Crippen molar-refractivity contribution < 1.29 is 52.2 Å². The number of carbonyl (C=O) groups excluding carboxylic acids is 3. The second kappa shape index (κ2) is 55.4. The summed E-state index contributed by atoms with van der Waals surface area (Å²) in [4.78, 5) is 48.5. The third-order valence-electron chi connectivity index (χ3n) is 11.7. The van der Waals surface area contributed by atoms with Gasteiger partial charge in [0.25, 0.3) is 0 Å². The van der Waals surface area contributed by atoms with Crippen LogP contribution in [0.4, 0.5) is 0 Å². The monoisotopic (exact) mass is 1050 g/mol. The third kappa shape index (κ3) is 53.0. The molecular formula is C62H103O11P. The summed E-state index contributed by atoms with van der Waals surface area (Å²) in [7, 11) is -4.77. The van der Waals surface area contributed by atoms with Crippen molar-refractivity contribution in [3.63, 3.8) is 0 Å². The third-order valence-corrected chi connectivity index (χ3v) is 12.7. The van der Waals surface area contributed by atoms with Gasteiger partial charge in [0.05, 0.1) is 19.8 Å². The fourth-order valence-corrected chi connectivity index (χ4v) is 8.18. The summed E-state index contributed by atoms with van der Waals surface area (Å²) in [5, 5.41) is 9.79. The quantitative estimate of drug-likeness (QED) is 0.0197. The first-order valence-electron chi connectivity index (χ1n) is 28.8. The van der Waals surface area contributed by atoms with Crippen molar-refractivity contribution >= 4 is 25.7 Å². The number of ether oxygens (including phenoxy) is 3. The highest BCUT2D eigenvalue weighted by Gasteiger charge is 2.28. The van der Waals surface area contributed by atoms with Gasteiger partial charge in [0.2, 0.25) is 0 Å². The molecule has 0 aromatic rings. The number of rotatable bonds is 52. The molecule has 11 nitrogen and oxygen atoms in total. The molecule has 74 heavy (non-hydrogen) atoms. The van der Waals surface area contributed by atoms with Gasteiger partial charge in [-0.2, -0.15) is 0 Å². The number of aliphatic hydroxyl groups is 1. The van der Waals surface area contributed by atoms with Gasteiger partial charge in [0.1, 0.15) is 12.7 Å². The SMILES string of the molecule is CC/C=C\C/C=C\C/C=C\C/C=C\C/C=C\C/C=C\CCC(=O)OCC(COP(=O)(O)OCC(CO)OC(=O)CCCCCCCCCCCCC)OC(=O)CCCCCCCCC/C=C\C/C=C\C/C=C\CC. The minimum absolute atomic E-state index is 0.0948. The second-order valence-electron chi connectivity index (χ2n) is 18.7. The van der Waals surface area contributed by atoms with E-state index in [4.69, 9.17) is 23.3 Å². The molecule has 0 amide bonds. The molecular weight excluding hydrogens is 952 g/mol. The van der Waals surface area contributed by atoms with Crippen molar-refractivity contribution in [2.75, 3.05) is 26.4 Å². The molecule has 3 atom stereocenters. The van der Waals surface area contributed by atoms with Crippen LogP contribution in [0.25, 0.3) is 0 Å². The lowest BCUT2D eigenvalue weighted by molar-refractivity contribution is -0.161. The zero-order valence-corrected chi connectivity index (χ0v) is 47.4. The lowest BCUT2D eigenvalue weighted by Crippen LogP contribution is -2.30. The molecule has 0 saturated carbocycles. The smallest absolute Gasteiger partial charge is 0.462 e. The van der Waals surface area contributed by atoms with Crippen LogP contribution in [0.15, 0.2) is 109 Å². The number of hydrogen-bond acceptors (Lipinski definition) is 10. The van der Waals surface area contributed by atoms with Gasteiger partial charge in [-0.3, -0.25) is 23.4 Å². The topological polar surface area (TPSA) is 155 Å². The van der Waals surface area contributed by atoms with Gasteiger partial charge >= 0.3 is 25.7 Å². The normalized spacial score (nSPS) is 14.2. The first-order chi connectivity index (χ1) is 36.2. The van der Waals surface area contributed by atoms with E-state index in [9.17, 15) is 28.9 Å². The molecule has 0 spiro atoms. The number of hydrogen-bond donors (Lipinski definition) is 2. The first-order valence-corrected chi connectivity index (χ1v) is 30.3. The van der Waals surface area contributed by atoms with E-state index in [2.05, 4.69) is 118 Å². The summed E-state index contributed by atoms with van der Waals surface area (Å²) in [6.07, 6.45) is 66.3. The molecule has 0 aliphatic heterocycles. The van der Waals surface area contributed by atoms with E-state index in [0.29, 0.717) is 19.3 Å². The van der Waals surface area contributed by atoms with Crippen molar-refractivity contribution in [1.82, 2.24) is 0 Å². The van der Waals surface area contributed by atoms with Crippen LogP contribution >= 0.6 is 7.82 Å². The van der Waals surface area contributed by atoms with E-state index < -0.39 is 57.8 Å². The van der Waals surface area contributed by atoms with Crippen LogP contribution in [0.5, 0.6) is 0 Å². The Labute approximate surface area is 450 Å². The average Bonchev–Trinajstić information content (AvgIpc) is 3.39. The van der Waals surface area contributed by atoms with E-state index in [0.717, 1.165) is 122 Å². The number of carbonyl (C=O) groups is 3. The standard InChI is InChI=1S/C62H103O11P/c1-4-7-10-13-16-19-22-24-26-28-29-31-32-34-37-39-42-45-48-51-60(64)69-55-59(73-62(66)53-50-47-44-41-38-35-33-30-27-25-23-20-17-14-11-8-5-2)57-71-74(67,68)70-56-58(54-63)72-61(65)52-49-46-43-40-36-21-18-15-12-9-6-3/h7-8,10-11,16-17,19-20,24-27,29,31,34,37,42,45,58-59,63H,4-6,9,12-15,18,21-23,28,30,32-33,35-36,38-41,43-44,46-57H2,1-3H3,(H,67,68)/b10-7-,11-8-,19-16-,20-17-,26-24-,27-25-,31-29-,37-34-,45-42-. The van der Waals surface area contributed by atoms with Crippen LogP contribution in [-0.2, 0) is 42.2 Å². The van der Waals surface area contributed by atoms with Gasteiger partial charge in [0.15, 0.2) is 6.10 Å². The van der Waals surface area contributed by atoms with Crippen molar-refractivity contribution in [1.29, 1.82) is 0 Å². The first kappa shape index (κ1) is 70.1. The molecule has 0 aliphatic rings. The number of allylic oxidation sites excluding steroid dienone is 18. The van der Waals surface area contributed by atoms with Gasteiger partial charge in [-0.25, -0.2) is 4.57 Å². The molecule has 0 heterocycles. The minimum Gasteiger partial charge on any atom is -0.462 e. The predicted octanol–water partition coefficient (Wildman–Crippen LogP) is 17.0. The van der Waals surface area contributed by atoms with E-state index in [1.54, 1.807) is 0 Å². The Kier molecular flexibility index (Phi) is 52.5. The Morgan fingerprint density at radius 2 is 0.730 bits per heavy atom. The summed E-state index contributed by atoms with van der Waals surface area (Å²) >= 11 is 0. The van der Waals surface area contributed by atoms with Gasteiger partial charge in [-0.1, -0.05) is 226 Å². The highest BCUT2D eigenvalue weighted by Crippen LogP contribution is 2.43. The number of esters is 3. The fourth-order valence-electron chi connectivity index (χ4n) is 7.40. The summed E-state index contributed by atoms with van der Waals surface area (Å²) in [5.74, 6) is -1.58. The lowest BCUT2D eigenvalue weighted by Gasteiger charge is -2.21. The van der Waals surface area contributed by atoms with E-state index >= 15 is 0 Å². The Bertz CT molecular complexity index is 1660. The van der Waals surface area contributed by atoms with Crippen molar-refractivity contribution in [2.24, 2.45) is 0 Å². The summed E-state index contributed by atoms with van der Waals surface area (Å²) in [5.41, 5.74) is 0. The van der Waals surface area contributed by atoms with Gasteiger partial charge in [-0.05, 0) is 89.9 Å². The Hall–Kier alpha value is -3.86. The Balaban J connectivity index is 4.86. The van der Waals surface area contributed by atoms with Crippen LogP contribution < -0.4 is 0 Å². The van der Waals surface area contributed by atoms with Crippen LogP contribution in [-0.4, -0.2) is 66.5 Å². The zero-order valence-electron chi connectivity index (χ0n) is 46.5.